The molecule has 0 fully saturated rings. The van der Waals surface area contributed by atoms with Crippen LogP contribution >= 0.6 is 0 Å². The number of carboxylic acids is 1. The quantitative estimate of drug-likeness (QED) is 0.826. The average molecular weight is 206 g/mol. The Morgan fingerprint density at radius 3 is 3.00 bits per heavy atom. The van der Waals surface area contributed by atoms with E-state index in [1.807, 2.05) is 0 Å². The molecule has 0 unspecified atom stereocenters. The highest BCUT2D eigenvalue weighted by atomic mass is 16.4. The van der Waals surface area contributed by atoms with Gasteiger partial charge < -0.3 is 9.52 Å². The van der Waals surface area contributed by atoms with Crippen LogP contribution in [0.1, 0.15) is 21.9 Å². The molecule has 0 atom stereocenters. The molecule has 78 valence electrons. The minimum absolute atomic E-state index is 0.206. The molecule has 0 saturated heterocycles. The third-order valence-electron chi connectivity index (χ3n) is 2.08. The molecule has 2 rings (SSSR count). The molecule has 0 aliphatic carbocycles. The van der Waals surface area contributed by atoms with Crippen LogP contribution in [0.5, 0.6) is 0 Å². The minimum Gasteiger partial charge on any atom is -0.478 e. The van der Waals surface area contributed by atoms with Crippen molar-refractivity contribution in [2.75, 3.05) is 0 Å². The lowest BCUT2D eigenvalue weighted by Gasteiger charge is -1.95. The number of hydrogen-bond acceptors (Lipinski definition) is 3. The fourth-order valence-corrected chi connectivity index (χ4v) is 1.39. The minimum atomic E-state index is -0.969. The summed E-state index contributed by atoms with van der Waals surface area (Å²) in [6, 6.07) is 3.33. The summed E-state index contributed by atoms with van der Waals surface area (Å²) in [6.07, 6.45) is 3.45. The van der Waals surface area contributed by atoms with E-state index in [0.717, 1.165) is 0 Å². The van der Waals surface area contributed by atoms with Gasteiger partial charge in [0.15, 0.2) is 0 Å². The number of carbonyl (C=O) groups is 1. The fourth-order valence-electron chi connectivity index (χ4n) is 1.39. The Morgan fingerprint density at radius 1 is 1.67 bits per heavy atom. The number of aromatic nitrogens is 2. The van der Waals surface area contributed by atoms with E-state index in [-0.39, 0.29) is 5.56 Å². The summed E-state index contributed by atoms with van der Waals surface area (Å²) >= 11 is 0. The zero-order valence-electron chi connectivity index (χ0n) is 8.17. The first-order chi connectivity index (χ1) is 7.16. The standard InChI is InChI=1S/C10H10N2O3/c1-7-9(10(13)14)5-8(15-7)6-12-4-2-3-11-12/h2-5H,6H2,1H3,(H,13,14). The van der Waals surface area contributed by atoms with E-state index in [1.54, 1.807) is 30.1 Å². The van der Waals surface area contributed by atoms with Gasteiger partial charge in [0.25, 0.3) is 0 Å². The van der Waals surface area contributed by atoms with Gasteiger partial charge in [-0.15, -0.1) is 0 Å². The highest BCUT2D eigenvalue weighted by Gasteiger charge is 2.13. The molecule has 0 saturated carbocycles. The predicted molar refractivity (Wildman–Crippen MR) is 51.7 cm³/mol. The second kappa shape index (κ2) is 3.61. The molecule has 5 nitrogen and oxygen atoms in total. The van der Waals surface area contributed by atoms with Crippen LogP contribution in [0, 0.1) is 6.92 Å². The van der Waals surface area contributed by atoms with Crippen molar-refractivity contribution in [1.29, 1.82) is 0 Å². The summed E-state index contributed by atoms with van der Waals surface area (Å²) in [5, 5.41) is 12.8. The lowest BCUT2D eigenvalue weighted by atomic mass is 10.2. The van der Waals surface area contributed by atoms with Crippen molar-refractivity contribution >= 4 is 5.97 Å². The second-order valence-electron chi connectivity index (χ2n) is 3.19. The van der Waals surface area contributed by atoms with Gasteiger partial charge in [0, 0.05) is 12.4 Å². The van der Waals surface area contributed by atoms with Crippen LogP contribution in [0.15, 0.2) is 28.9 Å². The maximum absolute atomic E-state index is 10.8. The van der Waals surface area contributed by atoms with Crippen LogP contribution in [0.2, 0.25) is 0 Å². The molecule has 2 aromatic heterocycles. The van der Waals surface area contributed by atoms with E-state index < -0.39 is 5.97 Å². The monoisotopic (exact) mass is 206 g/mol. The first kappa shape index (κ1) is 9.51. The number of hydrogen-bond donors (Lipinski definition) is 1. The Kier molecular flexibility index (Phi) is 2.29. The third-order valence-corrected chi connectivity index (χ3v) is 2.08. The van der Waals surface area contributed by atoms with Crippen molar-refractivity contribution in [2.45, 2.75) is 13.5 Å². The van der Waals surface area contributed by atoms with E-state index in [0.29, 0.717) is 18.1 Å². The number of aromatic carboxylic acids is 1. The van der Waals surface area contributed by atoms with Crippen LogP contribution in [-0.4, -0.2) is 20.9 Å². The topological polar surface area (TPSA) is 68.3 Å². The number of rotatable bonds is 3. The first-order valence-electron chi connectivity index (χ1n) is 4.47. The molecule has 0 aliphatic rings. The summed E-state index contributed by atoms with van der Waals surface area (Å²) in [5.74, 6) is 0.0428. The summed E-state index contributed by atoms with van der Waals surface area (Å²) in [4.78, 5) is 10.8. The van der Waals surface area contributed by atoms with Gasteiger partial charge in [-0.3, -0.25) is 4.68 Å². The molecule has 0 aliphatic heterocycles. The van der Waals surface area contributed by atoms with Gasteiger partial charge in [0.05, 0.1) is 6.54 Å². The zero-order chi connectivity index (χ0) is 10.8. The molecule has 0 bridgehead atoms. The van der Waals surface area contributed by atoms with Crippen molar-refractivity contribution in [3.63, 3.8) is 0 Å². The van der Waals surface area contributed by atoms with Crippen molar-refractivity contribution in [2.24, 2.45) is 0 Å². The summed E-state index contributed by atoms with van der Waals surface area (Å²) in [7, 11) is 0. The van der Waals surface area contributed by atoms with E-state index in [2.05, 4.69) is 5.10 Å². The fraction of sp³-hybridized carbons (Fsp3) is 0.200. The molecular weight excluding hydrogens is 196 g/mol. The third kappa shape index (κ3) is 1.90. The van der Waals surface area contributed by atoms with Crippen molar-refractivity contribution in [3.8, 4) is 0 Å². The van der Waals surface area contributed by atoms with Crippen LogP contribution in [0.25, 0.3) is 0 Å². The normalized spacial score (nSPS) is 10.5. The largest absolute Gasteiger partial charge is 0.478 e. The first-order valence-corrected chi connectivity index (χ1v) is 4.47. The van der Waals surface area contributed by atoms with Crippen LogP contribution in [0.4, 0.5) is 0 Å². The van der Waals surface area contributed by atoms with E-state index in [9.17, 15) is 4.79 Å². The molecule has 0 radical (unpaired) electrons. The lowest BCUT2D eigenvalue weighted by Crippen LogP contribution is -1.98. The van der Waals surface area contributed by atoms with Crippen molar-refractivity contribution in [3.05, 3.63) is 41.6 Å². The summed E-state index contributed by atoms with van der Waals surface area (Å²) in [5.41, 5.74) is 0.206. The molecule has 0 amide bonds. The van der Waals surface area contributed by atoms with Gasteiger partial charge in [-0.25, -0.2) is 4.79 Å². The van der Waals surface area contributed by atoms with E-state index in [4.69, 9.17) is 9.52 Å². The molecule has 0 spiro atoms. The van der Waals surface area contributed by atoms with Gasteiger partial charge in [0.1, 0.15) is 17.1 Å². The Bertz CT molecular complexity index is 471. The Hall–Kier alpha value is -2.04. The SMILES string of the molecule is Cc1oc(Cn2cccn2)cc1C(=O)O. The second-order valence-corrected chi connectivity index (χ2v) is 3.19. The van der Waals surface area contributed by atoms with Gasteiger partial charge in [0.2, 0.25) is 0 Å². The Balaban J connectivity index is 2.23. The molecule has 5 heteroatoms. The molecule has 0 aromatic carbocycles. The molecule has 2 heterocycles. The molecule has 1 N–H and O–H groups in total. The molecule has 15 heavy (non-hydrogen) atoms. The maximum atomic E-state index is 10.8. The maximum Gasteiger partial charge on any atom is 0.339 e. The van der Waals surface area contributed by atoms with Crippen molar-refractivity contribution < 1.29 is 14.3 Å². The van der Waals surface area contributed by atoms with Gasteiger partial charge in [-0.2, -0.15) is 5.10 Å². The lowest BCUT2D eigenvalue weighted by molar-refractivity contribution is 0.0695. The number of aryl methyl sites for hydroxylation is 1. The zero-order valence-corrected chi connectivity index (χ0v) is 8.17. The highest BCUT2D eigenvalue weighted by molar-refractivity contribution is 5.88. The number of carboxylic acid groups (broad SMARTS) is 1. The van der Waals surface area contributed by atoms with E-state index in [1.165, 1.54) is 6.07 Å². The summed E-state index contributed by atoms with van der Waals surface area (Å²) in [6.45, 7) is 2.08. The highest BCUT2D eigenvalue weighted by Crippen LogP contribution is 2.15. The Morgan fingerprint density at radius 2 is 2.47 bits per heavy atom. The molecular formula is C10H10N2O3. The van der Waals surface area contributed by atoms with Crippen LogP contribution in [-0.2, 0) is 6.54 Å². The van der Waals surface area contributed by atoms with Crippen molar-refractivity contribution in [1.82, 2.24) is 9.78 Å². The van der Waals surface area contributed by atoms with Crippen LogP contribution < -0.4 is 0 Å². The Labute approximate surface area is 85.9 Å². The van der Waals surface area contributed by atoms with Gasteiger partial charge >= 0.3 is 5.97 Å². The van der Waals surface area contributed by atoms with Gasteiger partial charge in [-0.05, 0) is 19.1 Å². The van der Waals surface area contributed by atoms with Gasteiger partial charge in [-0.1, -0.05) is 0 Å². The van der Waals surface area contributed by atoms with E-state index >= 15 is 0 Å². The number of nitrogens with zero attached hydrogens (tertiary/aromatic N) is 2. The molecule has 2 aromatic rings. The summed E-state index contributed by atoms with van der Waals surface area (Å²) < 4.78 is 6.98. The predicted octanol–water partition coefficient (Wildman–Crippen LogP) is 1.53. The van der Waals surface area contributed by atoms with Crippen LogP contribution in [0.3, 0.4) is 0 Å². The average Bonchev–Trinajstić information content (AvgIpc) is 2.75. The number of furan rings is 1. The smallest absolute Gasteiger partial charge is 0.339 e.